The first-order valence-corrected chi connectivity index (χ1v) is 10.8. The van der Waals surface area contributed by atoms with E-state index >= 15 is 0 Å². The molecule has 2 heterocycles. The van der Waals surface area contributed by atoms with Crippen LogP contribution < -0.4 is 20.1 Å². The number of methoxy groups -OCH3 is 2. The number of nitrogens with one attached hydrogen (secondary N) is 2. The first-order chi connectivity index (χ1) is 14.6. The Morgan fingerprint density at radius 1 is 1.17 bits per heavy atom. The van der Waals surface area contributed by atoms with Gasteiger partial charge in [-0.1, -0.05) is 18.6 Å². The summed E-state index contributed by atoms with van der Waals surface area (Å²) in [6.07, 6.45) is 3.92. The number of hydrogen-bond acceptors (Lipinski definition) is 6. The number of likely N-dealkylation sites (tertiary alicyclic amines) is 1. The maximum atomic E-state index is 12.5. The van der Waals surface area contributed by atoms with Gasteiger partial charge in [0.2, 0.25) is 11.8 Å². The van der Waals surface area contributed by atoms with Gasteiger partial charge in [-0.2, -0.15) is 0 Å². The fourth-order valence-electron chi connectivity index (χ4n) is 4.25. The highest BCUT2D eigenvalue weighted by molar-refractivity contribution is 5.88. The van der Waals surface area contributed by atoms with Crippen molar-refractivity contribution in [1.82, 2.24) is 20.4 Å². The maximum Gasteiger partial charge on any atom is 0.237 e. The zero-order valence-electron chi connectivity index (χ0n) is 18.1. The van der Waals surface area contributed by atoms with E-state index in [2.05, 4.69) is 15.5 Å². The Bertz CT molecular complexity index is 721. The Labute approximate surface area is 178 Å². The van der Waals surface area contributed by atoms with Crippen LogP contribution in [0.5, 0.6) is 11.5 Å². The lowest BCUT2D eigenvalue weighted by Crippen LogP contribution is -2.56. The van der Waals surface area contributed by atoms with Crippen LogP contribution in [-0.2, 0) is 16.1 Å². The van der Waals surface area contributed by atoms with Crippen LogP contribution in [-0.4, -0.2) is 81.1 Å². The van der Waals surface area contributed by atoms with Crippen molar-refractivity contribution in [2.45, 2.75) is 38.3 Å². The Morgan fingerprint density at radius 2 is 1.97 bits per heavy atom. The minimum Gasteiger partial charge on any atom is -0.493 e. The molecule has 0 saturated carbocycles. The molecular formula is C22H34N4O4. The van der Waals surface area contributed by atoms with Gasteiger partial charge in [-0.25, -0.2) is 0 Å². The molecular weight excluding hydrogens is 384 g/mol. The van der Waals surface area contributed by atoms with Crippen LogP contribution in [0, 0.1) is 0 Å². The van der Waals surface area contributed by atoms with Gasteiger partial charge in [-0.05, 0) is 32.0 Å². The highest BCUT2D eigenvalue weighted by Crippen LogP contribution is 2.32. The number of nitrogens with zero attached hydrogens (tertiary/aromatic N) is 2. The number of benzene rings is 1. The molecule has 2 saturated heterocycles. The summed E-state index contributed by atoms with van der Waals surface area (Å²) in [4.78, 5) is 29.5. The molecule has 2 aliphatic heterocycles. The lowest BCUT2D eigenvalue weighted by molar-refractivity contribution is -0.134. The Kier molecular flexibility index (Phi) is 8.33. The predicted octanol–water partition coefficient (Wildman–Crippen LogP) is 0.996. The third-order valence-corrected chi connectivity index (χ3v) is 5.88. The van der Waals surface area contributed by atoms with Crippen LogP contribution in [0.2, 0.25) is 0 Å². The molecule has 0 aliphatic carbocycles. The first-order valence-electron chi connectivity index (χ1n) is 10.8. The fourth-order valence-corrected chi connectivity index (χ4v) is 4.25. The number of rotatable bonds is 9. The summed E-state index contributed by atoms with van der Waals surface area (Å²) in [6.45, 7) is 5.47. The van der Waals surface area contributed by atoms with Gasteiger partial charge in [-0.15, -0.1) is 0 Å². The van der Waals surface area contributed by atoms with Gasteiger partial charge in [0.25, 0.3) is 0 Å². The van der Waals surface area contributed by atoms with E-state index in [9.17, 15) is 9.59 Å². The van der Waals surface area contributed by atoms with Crippen molar-refractivity contribution in [3.05, 3.63) is 23.8 Å². The van der Waals surface area contributed by atoms with Crippen LogP contribution >= 0.6 is 0 Å². The van der Waals surface area contributed by atoms with Crippen molar-refractivity contribution < 1.29 is 19.1 Å². The summed E-state index contributed by atoms with van der Waals surface area (Å²) in [7, 11) is 3.21. The second-order valence-corrected chi connectivity index (χ2v) is 7.89. The van der Waals surface area contributed by atoms with E-state index in [-0.39, 0.29) is 18.2 Å². The minimum atomic E-state index is -0.496. The number of amides is 2. The van der Waals surface area contributed by atoms with E-state index in [1.807, 2.05) is 23.1 Å². The quantitative estimate of drug-likeness (QED) is 0.623. The van der Waals surface area contributed by atoms with Crippen LogP contribution in [0.15, 0.2) is 18.2 Å². The lowest BCUT2D eigenvalue weighted by Gasteiger charge is -2.35. The predicted molar refractivity (Wildman–Crippen MR) is 115 cm³/mol. The molecule has 2 aliphatic rings. The molecule has 0 bridgehead atoms. The summed E-state index contributed by atoms with van der Waals surface area (Å²) >= 11 is 0. The van der Waals surface area contributed by atoms with E-state index in [4.69, 9.17) is 9.47 Å². The van der Waals surface area contributed by atoms with Gasteiger partial charge in [0.1, 0.15) is 0 Å². The third-order valence-electron chi connectivity index (χ3n) is 5.88. The molecule has 2 fully saturated rings. The van der Waals surface area contributed by atoms with E-state index in [1.165, 1.54) is 19.3 Å². The van der Waals surface area contributed by atoms with Crippen LogP contribution in [0.3, 0.4) is 0 Å². The number of carbonyl (C=O) groups excluding carboxylic acids is 2. The Hall–Kier alpha value is -2.32. The molecule has 166 valence electrons. The number of para-hydroxylation sites is 1. The molecule has 1 aromatic carbocycles. The molecule has 0 radical (unpaired) electrons. The van der Waals surface area contributed by atoms with Crippen molar-refractivity contribution in [2.75, 3.05) is 53.5 Å². The standard InChI is InChI=1S/C22H34N4O4/c1-29-19-8-6-7-17(21(19)30-2)16-26-14-10-24-22(28)18(26)15-20(27)23-9-13-25-11-4-3-5-12-25/h6-8,18H,3-5,9-16H2,1-2H3,(H,23,27)(H,24,28)/t18-/m1/s1. The molecule has 8 heteroatoms. The summed E-state index contributed by atoms with van der Waals surface area (Å²) in [6, 6.07) is 5.22. The molecule has 2 N–H and O–H groups in total. The average Bonchev–Trinajstić information content (AvgIpc) is 2.76. The van der Waals surface area contributed by atoms with Crippen LogP contribution in [0.1, 0.15) is 31.2 Å². The maximum absolute atomic E-state index is 12.5. The Balaban J connectivity index is 1.58. The molecule has 0 aromatic heterocycles. The Morgan fingerprint density at radius 3 is 2.70 bits per heavy atom. The monoisotopic (exact) mass is 418 g/mol. The minimum absolute atomic E-state index is 0.0864. The second-order valence-electron chi connectivity index (χ2n) is 7.89. The zero-order chi connectivity index (χ0) is 21.3. The van der Waals surface area contributed by atoms with Crippen molar-refractivity contribution in [2.24, 2.45) is 0 Å². The first kappa shape index (κ1) is 22.4. The molecule has 8 nitrogen and oxygen atoms in total. The molecule has 30 heavy (non-hydrogen) atoms. The van der Waals surface area contributed by atoms with Crippen molar-refractivity contribution in [3.63, 3.8) is 0 Å². The summed E-state index contributed by atoms with van der Waals surface area (Å²) < 4.78 is 10.9. The molecule has 0 spiro atoms. The van der Waals surface area contributed by atoms with Crippen LogP contribution in [0.25, 0.3) is 0 Å². The normalized spacial score (nSPS) is 20.5. The second kappa shape index (κ2) is 11.2. The number of hydrogen-bond donors (Lipinski definition) is 2. The summed E-state index contributed by atoms with van der Waals surface area (Å²) in [5.41, 5.74) is 0.932. The van der Waals surface area contributed by atoms with E-state index in [0.717, 1.165) is 25.2 Å². The molecule has 1 atom stereocenters. The SMILES string of the molecule is COc1cccc(CN2CCNC(=O)[C@H]2CC(=O)NCCN2CCCCC2)c1OC. The number of ether oxygens (including phenoxy) is 2. The van der Waals surface area contributed by atoms with E-state index < -0.39 is 6.04 Å². The van der Waals surface area contributed by atoms with Gasteiger partial charge in [0.15, 0.2) is 11.5 Å². The largest absolute Gasteiger partial charge is 0.493 e. The van der Waals surface area contributed by atoms with Crippen molar-refractivity contribution in [1.29, 1.82) is 0 Å². The third kappa shape index (κ3) is 5.86. The van der Waals surface area contributed by atoms with Gasteiger partial charge in [0, 0.05) is 38.3 Å². The smallest absolute Gasteiger partial charge is 0.237 e. The average molecular weight is 419 g/mol. The molecule has 1 aromatic rings. The van der Waals surface area contributed by atoms with Crippen molar-refractivity contribution in [3.8, 4) is 11.5 Å². The van der Waals surface area contributed by atoms with Gasteiger partial charge >= 0.3 is 0 Å². The summed E-state index contributed by atoms with van der Waals surface area (Å²) in [5.74, 6) is 1.13. The topological polar surface area (TPSA) is 83.1 Å². The van der Waals surface area contributed by atoms with Gasteiger partial charge in [-0.3, -0.25) is 14.5 Å². The lowest BCUT2D eigenvalue weighted by atomic mass is 10.1. The molecule has 0 unspecified atom stereocenters. The van der Waals surface area contributed by atoms with Gasteiger partial charge in [0.05, 0.1) is 26.7 Å². The highest BCUT2D eigenvalue weighted by atomic mass is 16.5. The summed E-state index contributed by atoms with van der Waals surface area (Å²) in [5, 5.41) is 5.88. The highest BCUT2D eigenvalue weighted by Gasteiger charge is 2.32. The van der Waals surface area contributed by atoms with E-state index in [1.54, 1.807) is 14.2 Å². The van der Waals surface area contributed by atoms with Gasteiger partial charge < -0.3 is 25.0 Å². The molecule has 3 rings (SSSR count). The fraction of sp³-hybridized carbons (Fsp3) is 0.636. The van der Waals surface area contributed by atoms with Crippen molar-refractivity contribution >= 4 is 11.8 Å². The number of piperidine rings is 1. The van der Waals surface area contributed by atoms with Crippen LogP contribution in [0.4, 0.5) is 0 Å². The number of carbonyl (C=O) groups is 2. The van der Waals surface area contributed by atoms with E-state index in [0.29, 0.717) is 37.7 Å². The number of piperazine rings is 1. The molecule has 2 amide bonds. The zero-order valence-corrected chi connectivity index (χ0v) is 18.1.